The largest absolute Gasteiger partial charge is 0.0596 e. The van der Waals surface area contributed by atoms with Crippen LogP contribution in [-0.4, -0.2) is 0 Å². The van der Waals surface area contributed by atoms with E-state index in [4.69, 9.17) is 0 Å². The van der Waals surface area contributed by atoms with Gasteiger partial charge in [-0.3, -0.25) is 0 Å². The molecule has 0 aliphatic carbocycles. The highest BCUT2D eigenvalue weighted by Gasteiger charge is 2.68. The zero-order valence-corrected chi connectivity index (χ0v) is 29.5. The Hall–Kier alpha value is 0. The molecule has 0 spiro atoms. The average molecular weight is 493 g/mol. The van der Waals surface area contributed by atoms with E-state index in [0.717, 1.165) is 0 Å². The van der Waals surface area contributed by atoms with Gasteiger partial charge < -0.3 is 0 Å². The molecule has 0 radical (unpaired) electrons. The first-order valence-corrected chi connectivity index (χ1v) is 14.5. The fraction of sp³-hybridized carbons (Fsp3) is 1.00. The Bertz CT molecular complexity index is 679. The summed E-state index contributed by atoms with van der Waals surface area (Å²) in [6, 6.07) is 0. The van der Waals surface area contributed by atoms with Crippen LogP contribution in [-0.2, 0) is 0 Å². The molecule has 0 amide bonds. The van der Waals surface area contributed by atoms with Gasteiger partial charge in [-0.25, -0.2) is 0 Å². The molecule has 0 heteroatoms. The maximum Gasteiger partial charge on any atom is -0.0241 e. The van der Waals surface area contributed by atoms with Crippen LogP contribution in [0, 0.1) is 59.6 Å². The van der Waals surface area contributed by atoms with E-state index < -0.39 is 0 Å². The molecule has 0 aliphatic rings. The number of hydrogen-bond donors (Lipinski definition) is 0. The third kappa shape index (κ3) is 4.30. The first-order valence-electron chi connectivity index (χ1n) is 14.5. The van der Waals surface area contributed by atoms with E-state index in [-0.39, 0.29) is 59.6 Å². The van der Waals surface area contributed by atoms with E-state index >= 15 is 0 Å². The Labute approximate surface area is 225 Å². The van der Waals surface area contributed by atoms with Crippen molar-refractivity contribution in [2.24, 2.45) is 59.6 Å². The molecule has 0 aromatic rings. The van der Waals surface area contributed by atoms with Gasteiger partial charge >= 0.3 is 0 Å². The fourth-order valence-electron chi connectivity index (χ4n) is 7.34. The first-order chi connectivity index (χ1) is 14.5. The SMILES string of the molecule is CC(C)(C)C(C)(C)C(C)(C)C(C)(C)C(C)(C)C(C)(C)C(C)(C)C(C)(C)C(C)(C)C(C)(C)C(C)(C)C. The maximum atomic E-state index is 2.58. The summed E-state index contributed by atoms with van der Waals surface area (Å²) in [5, 5.41) is 0. The number of rotatable bonds is 8. The Kier molecular flexibility index (Phi) is 8.50. The number of hydrogen-bond acceptors (Lipinski definition) is 0. The Balaban J connectivity index is 7.15. The van der Waals surface area contributed by atoms with Crippen molar-refractivity contribution in [1.82, 2.24) is 0 Å². The van der Waals surface area contributed by atoms with E-state index in [1.807, 2.05) is 0 Å². The van der Waals surface area contributed by atoms with Crippen molar-refractivity contribution >= 4 is 0 Å². The monoisotopic (exact) mass is 493 g/mol. The molecule has 0 N–H and O–H groups in total. The summed E-state index contributed by atoms with van der Waals surface area (Å²) in [4.78, 5) is 0. The molecular formula is C35H72. The van der Waals surface area contributed by atoms with Gasteiger partial charge in [0, 0.05) is 0 Å². The van der Waals surface area contributed by atoms with Crippen molar-refractivity contribution < 1.29 is 0 Å². The molecule has 212 valence electrons. The van der Waals surface area contributed by atoms with E-state index in [1.165, 1.54) is 0 Å². The van der Waals surface area contributed by atoms with Gasteiger partial charge in [-0.2, -0.15) is 0 Å². The van der Waals surface area contributed by atoms with Gasteiger partial charge in [-0.1, -0.05) is 166 Å². The summed E-state index contributed by atoms with van der Waals surface area (Å²) >= 11 is 0. The van der Waals surface area contributed by atoms with Crippen molar-refractivity contribution in [3.05, 3.63) is 0 Å². The zero-order valence-electron chi connectivity index (χ0n) is 29.5. The maximum absolute atomic E-state index is 2.58. The molecule has 0 heterocycles. The minimum absolute atomic E-state index is 0.0590. The molecule has 0 saturated carbocycles. The molecule has 35 heavy (non-hydrogen) atoms. The molecule has 0 aliphatic heterocycles. The molecule has 0 bridgehead atoms. The van der Waals surface area contributed by atoms with Crippen LogP contribution in [0.15, 0.2) is 0 Å². The molecular weight excluding hydrogens is 420 g/mol. The Morgan fingerprint density at radius 1 is 0.143 bits per heavy atom. The van der Waals surface area contributed by atoms with E-state index in [1.54, 1.807) is 0 Å². The lowest BCUT2D eigenvalue weighted by Gasteiger charge is -2.72. The molecule has 0 aromatic carbocycles. The van der Waals surface area contributed by atoms with Gasteiger partial charge in [-0.15, -0.1) is 0 Å². The van der Waals surface area contributed by atoms with Crippen molar-refractivity contribution in [3.63, 3.8) is 0 Å². The van der Waals surface area contributed by atoms with Crippen molar-refractivity contribution in [1.29, 1.82) is 0 Å². The van der Waals surface area contributed by atoms with Crippen LogP contribution >= 0.6 is 0 Å². The van der Waals surface area contributed by atoms with Crippen LogP contribution in [0.2, 0.25) is 0 Å². The van der Waals surface area contributed by atoms with Crippen LogP contribution in [0.25, 0.3) is 0 Å². The molecule has 0 unspecified atom stereocenters. The quantitative estimate of drug-likeness (QED) is 0.316. The van der Waals surface area contributed by atoms with Crippen LogP contribution < -0.4 is 0 Å². The summed E-state index contributed by atoms with van der Waals surface area (Å²) < 4.78 is 0. The van der Waals surface area contributed by atoms with Crippen LogP contribution in [0.3, 0.4) is 0 Å². The summed E-state index contributed by atoms with van der Waals surface area (Å²) in [7, 11) is 0. The highest BCUT2D eigenvalue weighted by atomic mass is 14.7. The van der Waals surface area contributed by atoms with Crippen LogP contribution in [0.5, 0.6) is 0 Å². The lowest BCUT2D eigenvalue weighted by molar-refractivity contribution is -0.238. The minimum atomic E-state index is 0.0590. The Morgan fingerprint density at radius 3 is 0.314 bits per heavy atom. The van der Waals surface area contributed by atoms with Gasteiger partial charge in [0.15, 0.2) is 0 Å². The summed E-state index contributed by atoms with van der Waals surface area (Å²) in [5.41, 5.74) is 1.30. The second-order valence-electron chi connectivity index (χ2n) is 19.1. The average Bonchev–Trinajstić information content (AvgIpc) is 2.58. The third-order valence-corrected chi connectivity index (χ3v) is 16.2. The molecule has 0 saturated heterocycles. The second-order valence-corrected chi connectivity index (χ2v) is 19.1. The topological polar surface area (TPSA) is 0 Å². The van der Waals surface area contributed by atoms with Crippen molar-refractivity contribution in [2.75, 3.05) is 0 Å². The molecule has 0 aromatic heterocycles. The van der Waals surface area contributed by atoms with Gasteiger partial charge in [0.05, 0.1) is 0 Å². The molecule has 0 atom stereocenters. The zero-order chi connectivity index (χ0) is 29.5. The second kappa shape index (κ2) is 8.50. The normalized spacial score (nSPS) is 17.1. The van der Waals surface area contributed by atoms with E-state index in [2.05, 4.69) is 166 Å². The highest BCUT2D eigenvalue weighted by Crippen LogP contribution is 2.74. The predicted molar refractivity (Wildman–Crippen MR) is 163 cm³/mol. The van der Waals surface area contributed by atoms with Gasteiger partial charge in [-0.05, 0) is 59.6 Å². The van der Waals surface area contributed by atoms with Gasteiger partial charge in [0.25, 0.3) is 0 Å². The third-order valence-electron chi connectivity index (χ3n) is 16.2. The Morgan fingerprint density at radius 2 is 0.229 bits per heavy atom. The molecule has 0 rings (SSSR count). The summed E-state index contributed by atoms with van der Waals surface area (Å²) in [5.74, 6) is 0. The van der Waals surface area contributed by atoms with E-state index in [0.29, 0.717) is 0 Å². The molecule has 0 fully saturated rings. The minimum Gasteiger partial charge on any atom is -0.0596 e. The van der Waals surface area contributed by atoms with Gasteiger partial charge in [0.2, 0.25) is 0 Å². The molecule has 0 nitrogen and oxygen atoms in total. The lowest BCUT2D eigenvalue weighted by Crippen LogP contribution is -2.65. The fourth-order valence-corrected chi connectivity index (χ4v) is 7.34. The summed E-state index contributed by atoms with van der Waals surface area (Å²) in [6.07, 6.45) is 0. The van der Waals surface area contributed by atoms with Crippen LogP contribution in [0.4, 0.5) is 0 Å². The standard InChI is InChI=1S/C35H72/c1-25(2,3)27(7,8)29(11,12)31(15,16)33(19,20)35(23,24)34(21,22)32(17,18)30(13,14)28(9,10)26(4,5)6/h1-24H3. The lowest BCUT2D eigenvalue weighted by atomic mass is 9.33. The van der Waals surface area contributed by atoms with Crippen molar-refractivity contribution in [3.8, 4) is 0 Å². The highest BCUT2D eigenvalue weighted by molar-refractivity contribution is 5.16. The van der Waals surface area contributed by atoms with E-state index in [9.17, 15) is 0 Å². The van der Waals surface area contributed by atoms with Crippen molar-refractivity contribution in [2.45, 2.75) is 166 Å². The smallest absolute Gasteiger partial charge is 0.0241 e. The van der Waals surface area contributed by atoms with Crippen LogP contribution in [0.1, 0.15) is 166 Å². The summed E-state index contributed by atoms with van der Waals surface area (Å²) in [6.45, 7) is 60.4. The first kappa shape index (κ1) is 35.0. The van der Waals surface area contributed by atoms with Gasteiger partial charge in [0.1, 0.15) is 0 Å². The predicted octanol–water partition coefficient (Wildman–Crippen LogP) is 12.3.